The molecule has 3 heterocycles. The third kappa shape index (κ3) is 4.63. The summed E-state index contributed by atoms with van der Waals surface area (Å²) in [6.45, 7) is 3.81. The predicted octanol–water partition coefficient (Wildman–Crippen LogP) is 3.94. The highest BCUT2D eigenvalue weighted by Crippen LogP contribution is 2.26. The largest absolute Gasteiger partial charge is 0.421 e. The van der Waals surface area contributed by atoms with Crippen molar-refractivity contribution < 1.29 is 4.42 Å². The number of anilines is 2. The molecule has 0 radical (unpaired) electrons. The Morgan fingerprint density at radius 3 is 2.26 bits per heavy atom. The Morgan fingerprint density at radius 1 is 0.941 bits per heavy atom. The number of pyridine rings is 1. The van der Waals surface area contributed by atoms with E-state index in [1.165, 1.54) is 6.33 Å². The van der Waals surface area contributed by atoms with Crippen molar-refractivity contribution in [3.8, 4) is 17.1 Å². The van der Waals surface area contributed by atoms with E-state index in [0.717, 1.165) is 35.0 Å². The van der Waals surface area contributed by atoms with Gasteiger partial charge in [0.15, 0.2) is 0 Å². The Labute approximate surface area is 196 Å². The summed E-state index contributed by atoms with van der Waals surface area (Å²) in [6.07, 6.45) is 3.19. The van der Waals surface area contributed by atoms with Crippen LogP contribution in [0.4, 0.5) is 11.6 Å². The first-order valence-electron chi connectivity index (χ1n) is 10.8. The van der Waals surface area contributed by atoms with Crippen LogP contribution in [0.3, 0.4) is 0 Å². The third-order valence-electron chi connectivity index (χ3n) is 5.17. The average Bonchev–Trinajstić information content (AvgIpc) is 3.26. The quantitative estimate of drug-likeness (QED) is 0.415. The number of para-hydroxylation sites is 1. The van der Waals surface area contributed by atoms with Crippen molar-refractivity contribution in [3.63, 3.8) is 0 Å². The summed E-state index contributed by atoms with van der Waals surface area (Å²) in [7, 11) is 0. The van der Waals surface area contributed by atoms with Crippen molar-refractivity contribution >= 4 is 22.4 Å². The standard InChI is InChI=1S/C18H17NO.C7H8N6O/c1-2-8-16-13-14-9-6-7-12-17(14)18(20)19(16)15-10-4-3-5-11-15;1-3-12-13-7(14-3)4-5(8)10-2-11-6(4)9/h3-7,9-13H,2,8H2,1H3;2H,1H3,(H4,8,9,10,11). The number of benzene rings is 2. The lowest BCUT2D eigenvalue weighted by Crippen LogP contribution is -2.22. The van der Waals surface area contributed by atoms with Gasteiger partial charge in [-0.2, -0.15) is 0 Å². The fourth-order valence-corrected chi connectivity index (χ4v) is 3.64. The molecule has 9 nitrogen and oxygen atoms in total. The van der Waals surface area contributed by atoms with Crippen molar-refractivity contribution in [1.29, 1.82) is 0 Å². The molecule has 9 heteroatoms. The second-order valence-corrected chi connectivity index (χ2v) is 7.59. The third-order valence-corrected chi connectivity index (χ3v) is 5.17. The summed E-state index contributed by atoms with van der Waals surface area (Å²) in [5, 5.41) is 9.24. The van der Waals surface area contributed by atoms with Crippen LogP contribution in [-0.4, -0.2) is 24.7 Å². The minimum atomic E-state index is 0.0674. The van der Waals surface area contributed by atoms with E-state index in [1.807, 2.05) is 59.2 Å². The summed E-state index contributed by atoms with van der Waals surface area (Å²) >= 11 is 0. The van der Waals surface area contributed by atoms with E-state index in [0.29, 0.717) is 11.5 Å². The first-order chi connectivity index (χ1) is 16.5. The molecule has 0 amide bonds. The second kappa shape index (κ2) is 9.95. The molecule has 0 fully saturated rings. The van der Waals surface area contributed by atoms with Crippen molar-refractivity contribution in [2.75, 3.05) is 11.5 Å². The number of hydrogen-bond donors (Lipinski definition) is 2. The number of hydrogen-bond acceptors (Lipinski definition) is 8. The van der Waals surface area contributed by atoms with E-state index in [-0.39, 0.29) is 23.1 Å². The maximum absolute atomic E-state index is 12.8. The molecule has 0 aliphatic heterocycles. The lowest BCUT2D eigenvalue weighted by molar-refractivity contribution is 0.533. The highest BCUT2D eigenvalue weighted by molar-refractivity contribution is 5.82. The molecule has 0 atom stereocenters. The number of nitrogen functional groups attached to an aromatic ring is 2. The molecule has 0 aliphatic carbocycles. The van der Waals surface area contributed by atoms with Gasteiger partial charge in [-0.15, -0.1) is 10.2 Å². The summed E-state index contributed by atoms with van der Waals surface area (Å²) in [4.78, 5) is 20.4. The van der Waals surface area contributed by atoms with Crippen molar-refractivity contribution in [2.45, 2.75) is 26.7 Å². The van der Waals surface area contributed by atoms with Crippen LogP contribution >= 0.6 is 0 Å². The molecule has 5 aromatic rings. The van der Waals surface area contributed by atoms with Gasteiger partial charge in [0.2, 0.25) is 5.89 Å². The van der Waals surface area contributed by atoms with Crippen LogP contribution in [0.2, 0.25) is 0 Å². The highest BCUT2D eigenvalue weighted by atomic mass is 16.4. The van der Waals surface area contributed by atoms with Crippen LogP contribution in [0.25, 0.3) is 27.9 Å². The molecule has 0 bridgehead atoms. The van der Waals surface area contributed by atoms with Crippen LogP contribution < -0.4 is 17.0 Å². The van der Waals surface area contributed by atoms with E-state index >= 15 is 0 Å². The Hall–Kier alpha value is -4.53. The van der Waals surface area contributed by atoms with Gasteiger partial charge < -0.3 is 15.9 Å². The Kier molecular flexibility index (Phi) is 6.63. The molecule has 3 aromatic heterocycles. The van der Waals surface area contributed by atoms with Crippen LogP contribution in [0.15, 0.2) is 76.2 Å². The number of aryl methyl sites for hydroxylation is 2. The molecule has 0 spiro atoms. The number of nitrogens with two attached hydrogens (primary N) is 2. The topological polar surface area (TPSA) is 139 Å². The summed E-state index contributed by atoms with van der Waals surface area (Å²) in [5.41, 5.74) is 13.7. The van der Waals surface area contributed by atoms with E-state index in [1.54, 1.807) is 6.92 Å². The van der Waals surface area contributed by atoms with Crippen molar-refractivity contribution in [1.82, 2.24) is 24.7 Å². The zero-order chi connectivity index (χ0) is 24.1. The van der Waals surface area contributed by atoms with Gasteiger partial charge >= 0.3 is 0 Å². The monoisotopic (exact) mass is 455 g/mol. The molecule has 4 N–H and O–H groups in total. The Morgan fingerprint density at radius 2 is 1.62 bits per heavy atom. The molecule has 2 aromatic carbocycles. The van der Waals surface area contributed by atoms with E-state index in [9.17, 15) is 4.79 Å². The van der Waals surface area contributed by atoms with Gasteiger partial charge in [-0.1, -0.05) is 49.7 Å². The SMILES string of the molecule is CCCc1cc2ccccc2c(=O)n1-c1ccccc1.Cc1nnc(-c2c(N)ncnc2N)o1. The lowest BCUT2D eigenvalue weighted by atomic mass is 10.1. The van der Waals surface area contributed by atoms with Gasteiger partial charge in [0.05, 0.1) is 0 Å². The summed E-state index contributed by atoms with van der Waals surface area (Å²) in [5.74, 6) is 1.11. The summed E-state index contributed by atoms with van der Waals surface area (Å²) < 4.78 is 7.01. The van der Waals surface area contributed by atoms with Gasteiger partial charge in [-0.05, 0) is 36.1 Å². The van der Waals surface area contributed by atoms with E-state index in [2.05, 4.69) is 33.2 Å². The fourth-order valence-electron chi connectivity index (χ4n) is 3.64. The minimum absolute atomic E-state index is 0.0674. The normalized spacial score (nSPS) is 10.6. The Bertz CT molecular complexity index is 1460. The smallest absolute Gasteiger partial charge is 0.263 e. The second-order valence-electron chi connectivity index (χ2n) is 7.59. The number of nitrogens with zero attached hydrogens (tertiary/aromatic N) is 5. The molecule has 5 rings (SSSR count). The first kappa shape index (κ1) is 22.7. The van der Waals surface area contributed by atoms with E-state index in [4.69, 9.17) is 15.9 Å². The highest BCUT2D eigenvalue weighted by Gasteiger charge is 2.15. The zero-order valence-electron chi connectivity index (χ0n) is 19.0. The van der Waals surface area contributed by atoms with Gasteiger partial charge in [-0.3, -0.25) is 9.36 Å². The number of rotatable bonds is 4. The molecule has 0 aliphatic rings. The maximum Gasteiger partial charge on any atom is 0.263 e. The lowest BCUT2D eigenvalue weighted by Gasteiger charge is -2.14. The fraction of sp³-hybridized carbons (Fsp3) is 0.160. The van der Waals surface area contributed by atoms with E-state index < -0.39 is 0 Å². The minimum Gasteiger partial charge on any atom is -0.421 e. The van der Waals surface area contributed by atoms with Crippen LogP contribution in [0, 0.1) is 6.92 Å². The molecule has 0 unspecified atom stereocenters. The molecule has 0 saturated heterocycles. The maximum atomic E-state index is 12.8. The Balaban J connectivity index is 0.000000172. The average molecular weight is 456 g/mol. The van der Waals surface area contributed by atoms with Crippen LogP contribution in [-0.2, 0) is 6.42 Å². The molecule has 172 valence electrons. The van der Waals surface area contributed by atoms with Gasteiger partial charge in [0.1, 0.15) is 23.5 Å². The first-order valence-corrected chi connectivity index (χ1v) is 10.8. The molecular formula is C25H25N7O2. The van der Waals surface area contributed by atoms with Crippen molar-refractivity contribution in [3.05, 3.63) is 88.9 Å². The van der Waals surface area contributed by atoms with Crippen LogP contribution in [0.5, 0.6) is 0 Å². The van der Waals surface area contributed by atoms with Gasteiger partial charge in [0.25, 0.3) is 11.4 Å². The van der Waals surface area contributed by atoms with Gasteiger partial charge in [0, 0.05) is 23.7 Å². The number of aromatic nitrogens is 5. The zero-order valence-corrected chi connectivity index (χ0v) is 19.0. The number of fused-ring (bicyclic) bond motifs is 1. The molecule has 34 heavy (non-hydrogen) atoms. The van der Waals surface area contributed by atoms with Gasteiger partial charge in [-0.25, -0.2) is 9.97 Å². The molecular weight excluding hydrogens is 430 g/mol. The van der Waals surface area contributed by atoms with Crippen molar-refractivity contribution in [2.24, 2.45) is 0 Å². The molecule has 0 saturated carbocycles. The van der Waals surface area contributed by atoms with Crippen LogP contribution in [0.1, 0.15) is 24.9 Å². The predicted molar refractivity (Wildman–Crippen MR) is 132 cm³/mol. The summed E-state index contributed by atoms with van der Waals surface area (Å²) in [6, 6.07) is 19.8.